The van der Waals surface area contributed by atoms with Gasteiger partial charge in [0, 0.05) is 18.5 Å². The van der Waals surface area contributed by atoms with Gasteiger partial charge in [0.05, 0.1) is 4.90 Å². The minimum absolute atomic E-state index is 0.230. The normalized spacial score (nSPS) is 17.9. The van der Waals surface area contributed by atoms with Crippen molar-refractivity contribution in [3.05, 3.63) is 18.3 Å². The number of pyridine rings is 1. The van der Waals surface area contributed by atoms with Gasteiger partial charge in [-0.2, -0.15) is 0 Å². The summed E-state index contributed by atoms with van der Waals surface area (Å²) in [5.74, 6) is 0.518. The molecule has 0 radical (unpaired) electrons. The zero-order chi connectivity index (χ0) is 12.3. The van der Waals surface area contributed by atoms with Gasteiger partial charge in [-0.25, -0.2) is 13.4 Å². The van der Waals surface area contributed by atoms with E-state index in [0.29, 0.717) is 5.88 Å². The Labute approximate surface area is 102 Å². The van der Waals surface area contributed by atoms with Gasteiger partial charge in [-0.3, -0.25) is 0 Å². The molecule has 0 aliphatic heterocycles. The molecule has 0 amide bonds. The molecule has 94 valence electrons. The lowest BCUT2D eigenvalue weighted by molar-refractivity contribution is 0.148. The Balaban J connectivity index is 2.03. The van der Waals surface area contributed by atoms with Crippen LogP contribution >= 0.6 is 0 Å². The summed E-state index contributed by atoms with van der Waals surface area (Å²) in [7, 11) is -3.17. The number of hydrogen-bond donors (Lipinski definition) is 0. The van der Waals surface area contributed by atoms with Crippen molar-refractivity contribution in [2.75, 3.05) is 6.26 Å². The van der Waals surface area contributed by atoms with Crippen LogP contribution in [0.2, 0.25) is 0 Å². The number of sulfone groups is 1. The number of ether oxygens (including phenoxy) is 1. The largest absolute Gasteiger partial charge is 0.474 e. The maximum atomic E-state index is 11.3. The lowest BCUT2D eigenvalue weighted by atomic mass is 9.98. The summed E-state index contributed by atoms with van der Waals surface area (Å²) in [5.41, 5.74) is 0. The van der Waals surface area contributed by atoms with E-state index in [1.807, 2.05) is 0 Å². The fourth-order valence-corrected chi connectivity index (χ4v) is 2.57. The molecular formula is C12H17NO3S. The van der Waals surface area contributed by atoms with Gasteiger partial charge >= 0.3 is 0 Å². The van der Waals surface area contributed by atoms with Gasteiger partial charge in [0.25, 0.3) is 0 Å². The van der Waals surface area contributed by atoms with Gasteiger partial charge < -0.3 is 4.74 Å². The average molecular weight is 255 g/mol. The van der Waals surface area contributed by atoms with E-state index >= 15 is 0 Å². The van der Waals surface area contributed by atoms with Gasteiger partial charge in [-0.1, -0.05) is 6.42 Å². The molecule has 0 spiro atoms. The van der Waals surface area contributed by atoms with Gasteiger partial charge in [0.15, 0.2) is 9.84 Å². The van der Waals surface area contributed by atoms with Crippen LogP contribution in [-0.2, 0) is 9.84 Å². The summed E-state index contributed by atoms with van der Waals surface area (Å²) >= 11 is 0. The molecule has 0 saturated heterocycles. The highest BCUT2D eigenvalue weighted by molar-refractivity contribution is 7.90. The molecule has 1 aliphatic rings. The van der Waals surface area contributed by atoms with E-state index in [1.54, 1.807) is 12.1 Å². The van der Waals surface area contributed by atoms with E-state index in [1.165, 1.54) is 31.7 Å². The summed E-state index contributed by atoms with van der Waals surface area (Å²) in [6.45, 7) is 0. The molecule has 2 rings (SSSR count). The summed E-state index contributed by atoms with van der Waals surface area (Å²) in [4.78, 5) is 4.27. The lowest BCUT2D eigenvalue weighted by Gasteiger charge is -2.22. The van der Waals surface area contributed by atoms with Crippen molar-refractivity contribution in [1.82, 2.24) is 4.98 Å². The SMILES string of the molecule is CS(=O)(=O)c1ccc(OC2CCCCC2)nc1. The Bertz CT molecular complexity index is 461. The van der Waals surface area contributed by atoms with Crippen molar-refractivity contribution < 1.29 is 13.2 Å². The van der Waals surface area contributed by atoms with Gasteiger partial charge in [-0.05, 0) is 31.7 Å². The standard InChI is InChI=1S/C12H17NO3S/c1-17(14,15)11-7-8-12(13-9-11)16-10-5-3-2-4-6-10/h7-10H,2-6H2,1H3. The van der Waals surface area contributed by atoms with Crippen molar-refractivity contribution in [2.45, 2.75) is 43.1 Å². The molecule has 1 fully saturated rings. The van der Waals surface area contributed by atoms with Crippen molar-refractivity contribution in [3.63, 3.8) is 0 Å². The highest BCUT2D eigenvalue weighted by Crippen LogP contribution is 2.22. The Morgan fingerprint density at radius 1 is 1.24 bits per heavy atom. The zero-order valence-corrected chi connectivity index (χ0v) is 10.7. The predicted octanol–water partition coefficient (Wildman–Crippen LogP) is 2.20. The van der Waals surface area contributed by atoms with Crippen molar-refractivity contribution >= 4 is 9.84 Å². The average Bonchev–Trinajstić information content (AvgIpc) is 2.30. The number of rotatable bonds is 3. The van der Waals surface area contributed by atoms with Crippen LogP contribution < -0.4 is 4.74 Å². The second-order valence-corrected chi connectivity index (χ2v) is 6.50. The lowest BCUT2D eigenvalue weighted by Crippen LogP contribution is -2.20. The van der Waals surface area contributed by atoms with Crippen LogP contribution in [-0.4, -0.2) is 25.8 Å². The van der Waals surface area contributed by atoms with E-state index in [0.717, 1.165) is 12.8 Å². The van der Waals surface area contributed by atoms with Gasteiger partial charge in [0.1, 0.15) is 6.10 Å². The minimum atomic E-state index is -3.17. The van der Waals surface area contributed by atoms with Gasteiger partial charge in [0.2, 0.25) is 5.88 Å². The Morgan fingerprint density at radius 3 is 2.47 bits per heavy atom. The summed E-state index contributed by atoms with van der Waals surface area (Å²) in [6.07, 6.45) is 8.57. The first-order valence-corrected chi connectivity index (χ1v) is 7.77. The van der Waals surface area contributed by atoms with Crippen LogP contribution in [0, 0.1) is 0 Å². The molecule has 0 unspecified atom stereocenters. The maximum absolute atomic E-state index is 11.3. The molecule has 1 heterocycles. The predicted molar refractivity (Wildman–Crippen MR) is 64.8 cm³/mol. The summed E-state index contributed by atoms with van der Waals surface area (Å²) in [5, 5.41) is 0. The Hall–Kier alpha value is -1.10. The number of nitrogens with zero attached hydrogens (tertiary/aromatic N) is 1. The van der Waals surface area contributed by atoms with Crippen molar-refractivity contribution in [1.29, 1.82) is 0 Å². The summed E-state index contributed by atoms with van der Waals surface area (Å²) < 4.78 is 28.2. The van der Waals surface area contributed by atoms with Crippen LogP contribution in [0.1, 0.15) is 32.1 Å². The first-order valence-electron chi connectivity index (χ1n) is 5.88. The first kappa shape index (κ1) is 12.4. The fourth-order valence-electron chi connectivity index (χ4n) is 2.01. The van der Waals surface area contributed by atoms with E-state index in [-0.39, 0.29) is 11.0 Å². The third-order valence-electron chi connectivity index (χ3n) is 2.98. The van der Waals surface area contributed by atoms with E-state index in [2.05, 4.69) is 4.98 Å². The number of aromatic nitrogens is 1. The second-order valence-electron chi connectivity index (χ2n) is 4.48. The van der Waals surface area contributed by atoms with Crippen LogP contribution in [0.4, 0.5) is 0 Å². The van der Waals surface area contributed by atoms with E-state index < -0.39 is 9.84 Å². The topological polar surface area (TPSA) is 56.3 Å². The third-order valence-corrected chi connectivity index (χ3v) is 4.07. The quantitative estimate of drug-likeness (QED) is 0.830. The van der Waals surface area contributed by atoms with Crippen LogP contribution in [0.3, 0.4) is 0 Å². The molecule has 0 atom stereocenters. The first-order chi connectivity index (χ1) is 8.05. The molecule has 1 aliphatic carbocycles. The molecule has 4 nitrogen and oxygen atoms in total. The molecule has 17 heavy (non-hydrogen) atoms. The molecule has 0 N–H and O–H groups in total. The minimum Gasteiger partial charge on any atom is -0.474 e. The fraction of sp³-hybridized carbons (Fsp3) is 0.583. The highest BCUT2D eigenvalue weighted by atomic mass is 32.2. The van der Waals surface area contributed by atoms with Crippen molar-refractivity contribution in [2.24, 2.45) is 0 Å². The molecule has 5 heteroatoms. The van der Waals surface area contributed by atoms with E-state index in [4.69, 9.17) is 4.74 Å². The Morgan fingerprint density at radius 2 is 1.94 bits per heavy atom. The maximum Gasteiger partial charge on any atom is 0.213 e. The molecule has 0 bridgehead atoms. The van der Waals surface area contributed by atoms with Crippen LogP contribution in [0.25, 0.3) is 0 Å². The zero-order valence-electron chi connectivity index (χ0n) is 9.93. The number of hydrogen-bond acceptors (Lipinski definition) is 4. The van der Waals surface area contributed by atoms with Crippen molar-refractivity contribution in [3.8, 4) is 5.88 Å². The van der Waals surface area contributed by atoms with E-state index in [9.17, 15) is 8.42 Å². The molecule has 0 aromatic carbocycles. The molecule has 1 saturated carbocycles. The van der Waals surface area contributed by atoms with Crippen LogP contribution in [0.15, 0.2) is 23.2 Å². The highest BCUT2D eigenvalue weighted by Gasteiger charge is 2.15. The van der Waals surface area contributed by atoms with Crippen LogP contribution in [0.5, 0.6) is 5.88 Å². The monoisotopic (exact) mass is 255 g/mol. The molecule has 1 aromatic heterocycles. The van der Waals surface area contributed by atoms with Gasteiger partial charge in [-0.15, -0.1) is 0 Å². The third kappa shape index (κ3) is 3.43. The summed E-state index contributed by atoms with van der Waals surface area (Å²) in [6, 6.07) is 3.17. The second kappa shape index (κ2) is 5.04. The molecular weight excluding hydrogens is 238 g/mol. The molecule has 1 aromatic rings. The smallest absolute Gasteiger partial charge is 0.213 e. The Kier molecular flexibility index (Phi) is 3.66.